The molecule has 1 rings (SSSR count). The number of amides is 1. The van der Waals surface area contributed by atoms with Crippen molar-refractivity contribution in [2.75, 3.05) is 47.7 Å². The lowest BCUT2D eigenvalue weighted by Gasteiger charge is -2.14. The normalized spacial score (nSPS) is 10.1. The number of benzene rings is 1. The van der Waals surface area contributed by atoms with Gasteiger partial charge >= 0.3 is 0 Å². The lowest BCUT2D eigenvalue weighted by Crippen LogP contribution is -2.28. The lowest BCUT2D eigenvalue weighted by atomic mass is 10.1. The summed E-state index contributed by atoms with van der Waals surface area (Å²) >= 11 is 0. The third-order valence-electron chi connectivity index (χ3n) is 2.72. The van der Waals surface area contributed by atoms with E-state index >= 15 is 0 Å². The molecule has 2 N–H and O–H groups in total. The average molecular weight is 299 g/mol. The first-order valence-corrected chi connectivity index (χ1v) is 6.44. The quantitative estimate of drug-likeness (QED) is 0.644. The molecule has 118 valence electrons. The molecule has 21 heavy (non-hydrogen) atoms. The van der Waals surface area contributed by atoms with Crippen molar-refractivity contribution in [3.63, 3.8) is 0 Å². The Bertz CT molecular complexity index is 463. The molecule has 0 radical (unpaired) electrons. The fourth-order valence-electron chi connectivity index (χ4n) is 1.71. The van der Waals surface area contributed by atoms with E-state index in [1.807, 2.05) is 0 Å². The van der Waals surface area contributed by atoms with Crippen LogP contribution in [-0.2, 0) is 4.74 Å². The first-order chi connectivity index (χ1) is 10.2. The molecule has 0 bridgehead atoms. The van der Waals surface area contributed by atoms with Crippen molar-refractivity contribution in [2.24, 2.45) is 0 Å². The summed E-state index contributed by atoms with van der Waals surface area (Å²) in [5, 5.41) is 11.3. The maximum absolute atomic E-state index is 12.1. The van der Waals surface area contributed by atoms with Crippen LogP contribution in [0.15, 0.2) is 12.1 Å². The minimum Gasteiger partial charge on any atom is -0.496 e. The number of nitrogens with one attached hydrogen (secondary N) is 1. The van der Waals surface area contributed by atoms with Crippen LogP contribution in [0, 0.1) is 0 Å². The van der Waals surface area contributed by atoms with Crippen molar-refractivity contribution in [3.8, 4) is 17.2 Å². The molecule has 0 atom stereocenters. The van der Waals surface area contributed by atoms with E-state index in [0.29, 0.717) is 36.0 Å². The first kappa shape index (κ1) is 17.1. The van der Waals surface area contributed by atoms with Crippen molar-refractivity contribution in [3.05, 3.63) is 17.7 Å². The maximum Gasteiger partial charge on any atom is 0.255 e. The molecule has 1 amide bonds. The summed E-state index contributed by atoms with van der Waals surface area (Å²) in [5.74, 6) is 1.01. The molecule has 0 heterocycles. The summed E-state index contributed by atoms with van der Waals surface area (Å²) in [6.07, 6.45) is 0. The summed E-state index contributed by atoms with van der Waals surface area (Å²) < 4.78 is 20.6. The van der Waals surface area contributed by atoms with Gasteiger partial charge < -0.3 is 29.4 Å². The van der Waals surface area contributed by atoms with E-state index in [4.69, 9.17) is 24.1 Å². The second-order valence-corrected chi connectivity index (χ2v) is 4.00. The highest BCUT2D eigenvalue weighted by Crippen LogP contribution is 2.34. The number of carbonyl (C=O) groups is 1. The fraction of sp³-hybridized carbons (Fsp3) is 0.500. The lowest BCUT2D eigenvalue weighted by molar-refractivity contribution is 0.0836. The molecule has 0 fully saturated rings. The maximum atomic E-state index is 12.1. The number of methoxy groups -OCH3 is 3. The van der Waals surface area contributed by atoms with Gasteiger partial charge in [-0.25, -0.2) is 0 Å². The van der Waals surface area contributed by atoms with Crippen LogP contribution in [-0.4, -0.2) is 58.7 Å². The van der Waals surface area contributed by atoms with Crippen LogP contribution in [0.1, 0.15) is 10.4 Å². The smallest absolute Gasteiger partial charge is 0.255 e. The Balaban J connectivity index is 2.77. The largest absolute Gasteiger partial charge is 0.496 e. The van der Waals surface area contributed by atoms with Crippen molar-refractivity contribution < 1.29 is 28.8 Å². The van der Waals surface area contributed by atoms with E-state index < -0.39 is 0 Å². The van der Waals surface area contributed by atoms with Crippen molar-refractivity contribution in [1.29, 1.82) is 0 Å². The first-order valence-electron chi connectivity index (χ1n) is 6.44. The van der Waals surface area contributed by atoms with E-state index in [1.165, 1.54) is 21.3 Å². The van der Waals surface area contributed by atoms with Crippen LogP contribution >= 0.6 is 0 Å². The third kappa shape index (κ3) is 4.80. The highest BCUT2D eigenvalue weighted by atomic mass is 16.5. The van der Waals surface area contributed by atoms with Crippen LogP contribution in [0.2, 0.25) is 0 Å². The van der Waals surface area contributed by atoms with Crippen LogP contribution in [0.5, 0.6) is 17.2 Å². The molecule has 7 nitrogen and oxygen atoms in total. The second kappa shape index (κ2) is 9.04. The number of aliphatic hydroxyl groups is 1. The highest BCUT2D eigenvalue weighted by molar-refractivity contribution is 5.97. The van der Waals surface area contributed by atoms with E-state index in [2.05, 4.69) is 5.32 Å². The minimum absolute atomic E-state index is 0.0442. The molecule has 7 heteroatoms. The van der Waals surface area contributed by atoms with E-state index in [1.54, 1.807) is 12.1 Å². The Hall–Kier alpha value is -1.99. The molecular weight excluding hydrogens is 278 g/mol. The van der Waals surface area contributed by atoms with Crippen LogP contribution in [0.25, 0.3) is 0 Å². The molecule has 0 saturated heterocycles. The number of hydrogen-bond donors (Lipinski definition) is 2. The topological polar surface area (TPSA) is 86.3 Å². The molecule has 0 unspecified atom stereocenters. The van der Waals surface area contributed by atoms with Gasteiger partial charge in [-0.3, -0.25) is 4.79 Å². The van der Waals surface area contributed by atoms with Gasteiger partial charge in [0, 0.05) is 18.7 Å². The standard InChI is InChI=1S/C14H21NO6/c1-18-11-9-13(20-3)12(19-2)8-10(11)14(17)15-4-6-21-7-5-16/h8-9,16H,4-7H2,1-3H3,(H,15,17). The van der Waals surface area contributed by atoms with Gasteiger partial charge in [0.2, 0.25) is 0 Å². The SMILES string of the molecule is COc1cc(OC)c(C(=O)NCCOCCO)cc1OC. The molecule has 0 aliphatic carbocycles. The minimum atomic E-state index is -0.305. The summed E-state index contributed by atoms with van der Waals surface area (Å²) in [6, 6.07) is 3.15. The molecular formula is C14H21NO6. The van der Waals surface area contributed by atoms with Gasteiger partial charge in [0.25, 0.3) is 5.91 Å². The Labute approximate surface area is 123 Å². The predicted octanol–water partition coefficient (Wildman–Crippen LogP) is 0.451. The van der Waals surface area contributed by atoms with E-state index in [9.17, 15) is 4.79 Å². The van der Waals surface area contributed by atoms with Crippen LogP contribution in [0.4, 0.5) is 0 Å². The number of rotatable bonds is 9. The Morgan fingerprint density at radius 3 is 2.24 bits per heavy atom. The van der Waals surface area contributed by atoms with E-state index in [-0.39, 0.29) is 19.1 Å². The molecule has 0 saturated carbocycles. The van der Waals surface area contributed by atoms with Crippen molar-refractivity contribution >= 4 is 5.91 Å². The van der Waals surface area contributed by atoms with Gasteiger partial charge in [-0.2, -0.15) is 0 Å². The monoisotopic (exact) mass is 299 g/mol. The Morgan fingerprint density at radius 1 is 1.05 bits per heavy atom. The molecule has 1 aromatic rings. The molecule has 0 aromatic heterocycles. The van der Waals surface area contributed by atoms with Gasteiger partial charge in [-0.1, -0.05) is 0 Å². The fourth-order valence-corrected chi connectivity index (χ4v) is 1.71. The van der Waals surface area contributed by atoms with Gasteiger partial charge in [0.05, 0.1) is 46.7 Å². The van der Waals surface area contributed by atoms with Crippen molar-refractivity contribution in [2.45, 2.75) is 0 Å². The predicted molar refractivity (Wildman–Crippen MR) is 76.3 cm³/mol. The molecule has 1 aromatic carbocycles. The average Bonchev–Trinajstić information content (AvgIpc) is 2.52. The zero-order chi connectivity index (χ0) is 15.7. The number of hydrogen-bond acceptors (Lipinski definition) is 6. The number of ether oxygens (including phenoxy) is 4. The highest BCUT2D eigenvalue weighted by Gasteiger charge is 2.17. The zero-order valence-electron chi connectivity index (χ0n) is 12.5. The van der Waals surface area contributed by atoms with Crippen LogP contribution < -0.4 is 19.5 Å². The Kier molecular flexibility index (Phi) is 7.34. The van der Waals surface area contributed by atoms with Gasteiger partial charge in [0.1, 0.15) is 5.75 Å². The van der Waals surface area contributed by atoms with Gasteiger partial charge in [-0.15, -0.1) is 0 Å². The summed E-state index contributed by atoms with van der Waals surface area (Å²) in [4.78, 5) is 12.1. The number of carbonyl (C=O) groups excluding carboxylic acids is 1. The molecule has 0 aliphatic heterocycles. The summed E-state index contributed by atoms with van der Waals surface area (Å²) in [6.45, 7) is 0.852. The molecule has 0 spiro atoms. The Morgan fingerprint density at radius 2 is 1.67 bits per heavy atom. The number of aliphatic hydroxyl groups excluding tert-OH is 1. The van der Waals surface area contributed by atoms with Gasteiger partial charge in [0.15, 0.2) is 11.5 Å². The summed E-state index contributed by atoms with van der Waals surface area (Å²) in [5.41, 5.74) is 0.345. The third-order valence-corrected chi connectivity index (χ3v) is 2.72. The van der Waals surface area contributed by atoms with Gasteiger partial charge in [-0.05, 0) is 0 Å². The van der Waals surface area contributed by atoms with E-state index in [0.717, 1.165) is 0 Å². The molecule has 0 aliphatic rings. The second-order valence-electron chi connectivity index (χ2n) is 4.00. The summed E-state index contributed by atoms with van der Waals surface area (Å²) in [7, 11) is 4.48. The van der Waals surface area contributed by atoms with Crippen molar-refractivity contribution in [1.82, 2.24) is 5.32 Å². The van der Waals surface area contributed by atoms with Crippen LogP contribution in [0.3, 0.4) is 0 Å². The zero-order valence-corrected chi connectivity index (χ0v) is 12.5.